The molecule has 0 heterocycles. The van der Waals surface area contributed by atoms with Gasteiger partial charge in [-0.1, -0.05) is 38.5 Å². The zero-order chi connectivity index (χ0) is 34.6. The molecule has 0 radical (unpaired) electrons. The molecule has 0 saturated carbocycles. The van der Waals surface area contributed by atoms with Crippen LogP contribution in [0.15, 0.2) is 72.8 Å². The molecule has 9 nitrogen and oxygen atoms in total. The highest BCUT2D eigenvalue weighted by Crippen LogP contribution is 2.08. The molecule has 2 N–H and O–H groups in total. The fourth-order valence-corrected chi connectivity index (χ4v) is 3.22. The van der Waals surface area contributed by atoms with Gasteiger partial charge in [-0.25, -0.2) is 14.4 Å². The highest BCUT2D eigenvalue weighted by atomic mass is 127. The monoisotopic (exact) mass is 770 g/mol. The predicted octanol–water partition coefficient (Wildman–Crippen LogP) is 5.97. The van der Waals surface area contributed by atoms with Gasteiger partial charge in [-0.05, 0) is 122 Å². The number of aliphatic hydroxyl groups excluding tert-OH is 2. The number of hydrogen-bond donors (Lipinski definition) is 2. The number of carbonyl (C=O) groups excluding carboxylic acids is 4. The van der Waals surface area contributed by atoms with Crippen LogP contribution < -0.4 is 0 Å². The van der Waals surface area contributed by atoms with E-state index in [9.17, 15) is 19.2 Å². The Kier molecular flexibility index (Phi) is 30.4. The van der Waals surface area contributed by atoms with Gasteiger partial charge in [-0.15, -0.1) is 6.42 Å². The number of rotatable bonds is 6. The second-order valence-electron chi connectivity index (χ2n) is 8.03. The van der Waals surface area contributed by atoms with Gasteiger partial charge in [0.25, 0.3) is 0 Å². The highest BCUT2D eigenvalue weighted by molar-refractivity contribution is 14.1. The fourth-order valence-electron chi connectivity index (χ4n) is 2.86. The maximum absolute atomic E-state index is 11.3. The minimum Gasteiger partial charge on any atom is -0.462 e. The van der Waals surface area contributed by atoms with Gasteiger partial charge in [-0.3, -0.25) is 4.79 Å². The normalized spacial score (nSPS) is 8.27. The standard InChI is InChI=1S/C12H12O3.C12H10O3.C9H9IO2.C3H4O.2CH4/c2*1-2-15-12(14)11-7-5-10(6-8-11)4-3-9-13;1-2-12-9(11)7-3-5-8(10)6-4-7;1-2-3-4;;/h5-8,13H,2,9H2,1H3;5-9H,2H2,1H3;3-6H,2H2,1H3;1,4H,3H2;2*1H4. The van der Waals surface area contributed by atoms with Crippen LogP contribution in [-0.4, -0.2) is 67.4 Å². The van der Waals surface area contributed by atoms with E-state index in [4.69, 9.17) is 24.4 Å². The zero-order valence-corrected chi connectivity index (χ0v) is 27.9. The molecule has 0 aliphatic carbocycles. The highest BCUT2D eigenvalue weighted by Gasteiger charge is 2.06. The van der Waals surface area contributed by atoms with Crippen LogP contribution in [0.3, 0.4) is 0 Å². The van der Waals surface area contributed by atoms with Crippen molar-refractivity contribution in [2.75, 3.05) is 33.0 Å². The maximum atomic E-state index is 11.3. The second kappa shape index (κ2) is 30.7. The molecular formula is C38H43IO9. The summed E-state index contributed by atoms with van der Waals surface area (Å²) in [5.74, 6) is 11.2. The number of esters is 3. The van der Waals surface area contributed by atoms with Gasteiger partial charge in [0.2, 0.25) is 0 Å². The summed E-state index contributed by atoms with van der Waals surface area (Å²) >= 11 is 2.19. The van der Waals surface area contributed by atoms with Crippen molar-refractivity contribution in [3.8, 4) is 36.0 Å². The van der Waals surface area contributed by atoms with Crippen molar-refractivity contribution in [1.82, 2.24) is 0 Å². The molecular weight excluding hydrogens is 727 g/mol. The smallest absolute Gasteiger partial charge is 0.338 e. The average molecular weight is 771 g/mol. The van der Waals surface area contributed by atoms with Gasteiger partial charge in [0.1, 0.15) is 13.2 Å². The molecule has 0 aromatic heterocycles. The van der Waals surface area contributed by atoms with E-state index in [2.05, 4.69) is 52.7 Å². The van der Waals surface area contributed by atoms with Crippen LogP contribution in [0.25, 0.3) is 0 Å². The Morgan fingerprint density at radius 1 is 0.667 bits per heavy atom. The van der Waals surface area contributed by atoms with Crippen LogP contribution in [0.2, 0.25) is 0 Å². The minimum absolute atomic E-state index is 0. The minimum atomic E-state index is -0.354. The van der Waals surface area contributed by atoms with E-state index in [-0.39, 0.29) is 46.0 Å². The summed E-state index contributed by atoms with van der Waals surface area (Å²) in [6, 6.07) is 20.6. The first-order valence-electron chi connectivity index (χ1n) is 13.8. The van der Waals surface area contributed by atoms with Gasteiger partial charge in [0, 0.05) is 14.7 Å². The Balaban J connectivity index is -0.000000590. The van der Waals surface area contributed by atoms with Crippen molar-refractivity contribution in [3.05, 3.63) is 104 Å². The summed E-state index contributed by atoms with van der Waals surface area (Å²) in [7, 11) is 0. The first kappa shape index (κ1) is 47.5. The number of aliphatic hydroxyl groups is 2. The Labute approximate surface area is 298 Å². The van der Waals surface area contributed by atoms with Gasteiger partial charge in [0.05, 0.1) is 36.5 Å². The van der Waals surface area contributed by atoms with Crippen molar-refractivity contribution in [1.29, 1.82) is 0 Å². The largest absolute Gasteiger partial charge is 0.462 e. The number of carbonyl (C=O) groups is 4. The predicted molar refractivity (Wildman–Crippen MR) is 196 cm³/mol. The average Bonchev–Trinajstić information content (AvgIpc) is 3.08. The molecule has 3 aromatic carbocycles. The summed E-state index contributed by atoms with van der Waals surface area (Å²) in [5.41, 5.74) is 3.05. The molecule has 0 aliphatic rings. The number of benzene rings is 3. The van der Waals surface area contributed by atoms with Crippen LogP contribution in [-0.2, 0) is 19.0 Å². The SMILES string of the molecule is C.C.C#CCO.CCOC(=O)c1ccc(C#CC=O)cc1.CCOC(=O)c1ccc(C#CCO)cc1.CCOC(=O)c1ccc(I)cc1. The number of ether oxygens (including phenoxy) is 3. The zero-order valence-electron chi connectivity index (χ0n) is 25.7. The molecule has 0 saturated heterocycles. The molecule has 0 unspecified atom stereocenters. The molecule has 48 heavy (non-hydrogen) atoms. The molecule has 0 bridgehead atoms. The quantitative estimate of drug-likeness (QED) is 0.102. The lowest BCUT2D eigenvalue weighted by molar-refractivity contribution is -0.103. The molecule has 10 heteroatoms. The van der Waals surface area contributed by atoms with Gasteiger partial charge in [0.15, 0.2) is 6.29 Å². The molecule has 0 aliphatic heterocycles. The number of hydrogen-bond acceptors (Lipinski definition) is 9. The lowest BCUT2D eigenvalue weighted by Gasteiger charge is -2.00. The van der Waals surface area contributed by atoms with E-state index in [1.165, 1.54) is 0 Å². The first-order chi connectivity index (χ1) is 22.2. The van der Waals surface area contributed by atoms with E-state index in [1.54, 1.807) is 81.4 Å². The lowest BCUT2D eigenvalue weighted by Crippen LogP contribution is -2.04. The molecule has 3 rings (SSSR count). The third kappa shape index (κ3) is 21.7. The second-order valence-corrected chi connectivity index (χ2v) is 9.28. The Morgan fingerprint density at radius 3 is 1.29 bits per heavy atom. The van der Waals surface area contributed by atoms with E-state index < -0.39 is 0 Å². The Hall–Kier alpha value is -4.93. The van der Waals surface area contributed by atoms with Crippen LogP contribution in [0, 0.1) is 39.6 Å². The molecule has 0 fully saturated rings. The summed E-state index contributed by atoms with van der Waals surface area (Å²) in [4.78, 5) is 43.6. The van der Waals surface area contributed by atoms with Crippen molar-refractivity contribution >= 4 is 46.8 Å². The third-order valence-electron chi connectivity index (χ3n) is 4.83. The van der Waals surface area contributed by atoms with Crippen LogP contribution in [0.5, 0.6) is 0 Å². The molecule has 0 amide bonds. The summed E-state index contributed by atoms with van der Waals surface area (Å²) in [6.45, 7) is 6.13. The fraction of sp³-hybridized carbons (Fsp3) is 0.263. The maximum Gasteiger partial charge on any atom is 0.338 e. The topological polar surface area (TPSA) is 136 Å². The van der Waals surface area contributed by atoms with Crippen molar-refractivity contribution in [2.24, 2.45) is 0 Å². The number of halogens is 1. The first-order valence-corrected chi connectivity index (χ1v) is 14.8. The van der Waals surface area contributed by atoms with Crippen LogP contribution >= 0.6 is 22.6 Å². The Morgan fingerprint density at radius 2 is 1.00 bits per heavy atom. The van der Waals surface area contributed by atoms with E-state index in [0.29, 0.717) is 48.4 Å². The summed E-state index contributed by atoms with van der Waals surface area (Å²) in [6.07, 6.45) is 5.05. The third-order valence-corrected chi connectivity index (χ3v) is 5.55. The summed E-state index contributed by atoms with van der Waals surface area (Å²) in [5, 5.41) is 16.1. The van der Waals surface area contributed by atoms with E-state index in [0.717, 1.165) is 9.13 Å². The molecule has 3 aromatic rings. The number of terminal acetylenes is 1. The molecule has 256 valence electrons. The van der Waals surface area contributed by atoms with Crippen molar-refractivity contribution in [3.63, 3.8) is 0 Å². The number of aldehydes is 1. The van der Waals surface area contributed by atoms with Gasteiger partial charge >= 0.3 is 17.9 Å². The Bertz CT molecular complexity index is 1520. The molecule has 0 spiro atoms. The van der Waals surface area contributed by atoms with Crippen LogP contribution in [0.1, 0.15) is 77.8 Å². The van der Waals surface area contributed by atoms with Gasteiger partial charge < -0.3 is 24.4 Å². The van der Waals surface area contributed by atoms with Crippen molar-refractivity contribution in [2.45, 2.75) is 35.6 Å². The van der Waals surface area contributed by atoms with Crippen molar-refractivity contribution < 1.29 is 43.6 Å². The summed E-state index contributed by atoms with van der Waals surface area (Å²) < 4.78 is 15.6. The van der Waals surface area contributed by atoms with Crippen LogP contribution in [0.4, 0.5) is 0 Å². The lowest BCUT2D eigenvalue weighted by atomic mass is 10.1. The van der Waals surface area contributed by atoms with E-state index >= 15 is 0 Å². The van der Waals surface area contributed by atoms with E-state index in [1.807, 2.05) is 18.1 Å². The molecule has 0 atom stereocenters. The van der Waals surface area contributed by atoms with Gasteiger partial charge in [-0.2, -0.15) is 0 Å².